The molecule has 0 aliphatic heterocycles. The highest BCUT2D eigenvalue weighted by atomic mass is 16.5. The molecule has 0 saturated heterocycles. The van der Waals surface area contributed by atoms with Gasteiger partial charge in [0.15, 0.2) is 0 Å². The van der Waals surface area contributed by atoms with Gasteiger partial charge in [0, 0.05) is 5.92 Å². The van der Waals surface area contributed by atoms with E-state index in [1.54, 1.807) is 24.3 Å². The van der Waals surface area contributed by atoms with E-state index in [9.17, 15) is 9.90 Å². The molecule has 2 atom stereocenters. The van der Waals surface area contributed by atoms with Gasteiger partial charge in [-0.3, -0.25) is 0 Å². The van der Waals surface area contributed by atoms with E-state index in [2.05, 4.69) is 26.0 Å². The molecule has 1 aliphatic rings. The Morgan fingerprint density at radius 2 is 1.88 bits per heavy atom. The molecule has 3 nitrogen and oxygen atoms in total. The maximum absolute atomic E-state index is 12.2. The summed E-state index contributed by atoms with van der Waals surface area (Å²) in [5.74, 6) is -0.430. The smallest absolute Gasteiger partial charge is 0.338 e. The van der Waals surface area contributed by atoms with E-state index in [1.807, 2.05) is 13.0 Å². The lowest BCUT2D eigenvalue weighted by atomic mass is 9.63. The van der Waals surface area contributed by atoms with Crippen LogP contribution in [-0.4, -0.2) is 17.7 Å². The van der Waals surface area contributed by atoms with Gasteiger partial charge in [0.2, 0.25) is 0 Å². The summed E-state index contributed by atoms with van der Waals surface area (Å²) in [4.78, 5) is 12.2. The normalized spacial score (nSPS) is 21.8. The molecule has 0 amide bonds. The van der Waals surface area contributed by atoms with Crippen LogP contribution in [0.15, 0.2) is 42.5 Å². The molecule has 24 heavy (non-hydrogen) atoms. The van der Waals surface area contributed by atoms with Crippen LogP contribution in [0.1, 0.15) is 59.3 Å². The number of ether oxygens (including phenoxy) is 1. The predicted molar refractivity (Wildman–Crippen MR) is 94.2 cm³/mol. The molecule has 3 heteroatoms. The second kappa shape index (κ2) is 6.40. The molecule has 0 heterocycles. The number of carbonyl (C=O) groups excluding carboxylic acids is 1. The fourth-order valence-corrected chi connectivity index (χ4v) is 3.57. The third kappa shape index (κ3) is 2.63. The number of carbonyl (C=O) groups is 1. The van der Waals surface area contributed by atoms with E-state index >= 15 is 0 Å². The zero-order valence-electron chi connectivity index (χ0n) is 14.5. The van der Waals surface area contributed by atoms with Gasteiger partial charge in [0.25, 0.3) is 0 Å². The number of benzene rings is 2. The largest absolute Gasteiger partial charge is 0.459 e. The second-order valence-corrected chi connectivity index (χ2v) is 6.51. The van der Waals surface area contributed by atoms with Crippen LogP contribution in [0, 0.1) is 0 Å². The summed E-state index contributed by atoms with van der Waals surface area (Å²) in [6.07, 6.45) is 1.84. The van der Waals surface area contributed by atoms with Crippen molar-refractivity contribution < 1.29 is 14.6 Å². The fraction of sp³-hybridized carbons (Fsp3) is 0.381. The minimum atomic E-state index is -1.09. The maximum atomic E-state index is 12.2. The maximum Gasteiger partial charge on any atom is 0.338 e. The number of fused-ring (bicyclic) bond motifs is 1. The molecule has 2 aromatic rings. The Morgan fingerprint density at radius 1 is 1.17 bits per heavy atom. The monoisotopic (exact) mass is 324 g/mol. The summed E-state index contributed by atoms with van der Waals surface area (Å²) in [5.41, 5.74) is 4.00. The first-order valence-electron chi connectivity index (χ1n) is 8.62. The van der Waals surface area contributed by atoms with Gasteiger partial charge in [-0.15, -0.1) is 0 Å². The van der Waals surface area contributed by atoms with Crippen molar-refractivity contribution in [1.82, 2.24) is 0 Å². The zero-order valence-corrected chi connectivity index (χ0v) is 14.5. The standard InChI is InChI=1S/C21H24O3/c1-4-15-11-16(5-2)19-18(12-15)14(3)21(19,23)13-24-20(22)17-9-7-6-8-10-17/h6-12,14,23H,4-5,13H2,1-3H3/t14-,21-/m0/s1. The van der Waals surface area contributed by atoms with Crippen molar-refractivity contribution in [3.8, 4) is 0 Å². The Balaban J connectivity index is 1.83. The van der Waals surface area contributed by atoms with E-state index in [-0.39, 0.29) is 12.5 Å². The fourth-order valence-electron chi connectivity index (χ4n) is 3.57. The average Bonchev–Trinajstić information content (AvgIpc) is 2.64. The molecule has 1 N–H and O–H groups in total. The van der Waals surface area contributed by atoms with Crippen molar-refractivity contribution in [1.29, 1.82) is 0 Å². The summed E-state index contributed by atoms with van der Waals surface area (Å²) in [6, 6.07) is 13.2. The Kier molecular flexibility index (Phi) is 4.46. The third-order valence-corrected chi connectivity index (χ3v) is 5.15. The first kappa shape index (κ1) is 16.7. The quantitative estimate of drug-likeness (QED) is 0.847. The lowest BCUT2D eigenvalue weighted by Gasteiger charge is -2.47. The Bertz CT molecular complexity index is 734. The van der Waals surface area contributed by atoms with Crippen molar-refractivity contribution in [2.45, 2.75) is 45.1 Å². The molecule has 0 unspecified atom stereocenters. The highest BCUT2D eigenvalue weighted by Gasteiger charge is 2.50. The van der Waals surface area contributed by atoms with Crippen LogP contribution >= 0.6 is 0 Å². The minimum Gasteiger partial charge on any atom is -0.459 e. The van der Waals surface area contributed by atoms with Gasteiger partial charge in [-0.2, -0.15) is 0 Å². The Morgan fingerprint density at radius 3 is 2.50 bits per heavy atom. The number of esters is 1. The topological polar surface area (TPSA) is 46.5 Å². The van der Waals surface area contributed by atoms with E-state index < -0.39 is 11.6 Å². The summed E-state index contributed by atoms with van der Waals surface area (Å²) in [5, 5.41) is 11.1. The molecule has 126 valence electrons. The lowest BCUT2D eigenvalue weighted by molar-refractivity contribution is -0.0706. The van der Waals surface area contributed by atoms with Crippen molar-refractivity contribution in [2.24, 2.45) is 0 Å². The van der Waals surface area contributed by atoms with Crippen LogP contribution in [0.4, 0.5) is 0 Å². The third-order valence-electron chi connectivity index (χ3n) is 5.15. The number of aryl methyl sites for hydroxylation is 2. The van der Waals surface area contributed by atoms with Crippen molar-refractivity contribution in [3.05, 3.63) is 70.3 Å². The molecule has 0 spiro atoms. The second-order valence-electron chi connectivity index (χ2n) is 6.51. The summed E-state index contributed by atoms with van der Waals surface area (Å²) in [6.45, 7) is 6.22. The Labute approximate surface area is 143 Å². The van der Waals surface area contributed by atoms with Gasteiger partial charge in [-0.25, -0.2) is 4.79 Å². The van der Waals surface area contributed by atoms with Crippen molar-refractivity contribution >= 4 is 5.97 Å². The number of aliphatic hydroxyl groups is 1. The minimum absolute atomic E-state index is 0.00658. The van der Waals surface area contributed by atoms with Gasteiger partial charge in [-0.05, 0) is 47.2 Å². The van der Waals surface area contributed by atoms with Crippen LogP contribution in [0.5, 0.6) is 0 Å². The molecule has 2 aromatic carbocycles. The van der Waals surface area contributed by atoms with E-state index in [4.69, 9.17) is 4.74 Å². The van der Waals surface area contributed by atoms with Crippen LogP contribution < -0.4 is 0 Å². The van der Waals surface area contributed by atoms with E-state index in [0.29, 0.717) is 5.56 Å². The van der Waals surface area contributed by atoms with Gasteiger partial charge in [-0.1, -0.05) is 51.1 Å². The molecule has 0 saturated carbocycles. The molecule has 0 bridgehead atoms. The number of hydrogen-bond donors (Lipinski definition) is 1. The number of hydrogen-bond acceptors (Lipinski definition) is 3. The molecule has 1 aliphatic carbocycles. The highest BCUT2D eigenvalue weighted by Crippen LogP contribution is 2.52. The van der Waals surface area contributed by atoms with Gasteiger partial charge < -0.3 is 9.84 Å². The van der Waals surface area contributed by atoms with Gasteiger partial charge in [0.1, 0.15) is 12.2 Å². The van der Waals surface area contributed by atoms with E-state index in [0.717, 1.165) is 24.0 Å². The van der Waals surface area contributed by atoms with E-state index in [1.165, 1.54) is 11.1 Å². The van der Waals surface area contributed by atoms with Gasteiger partial charge in [0.05, 0.1) is 5.56 Å². The summed E-state index contributed by atoms with van der Waals surface area (Å²) >= 11 is 0. The van der Waals surface area contributed by atoms with Crippen LogP contribution in [0.25, 0.3) is 0 Å². The van der Waals surface area contributed by atoms with Crippen molar-refractivity contribution in [2.75, 3.05) is 6.61 Å². The highest BCUT2D eigenvalue weighted by molar-refractivity contribution is 5.89. The van der Waals surface area contributed by atoms with Crippen molar-refractivity contribution in [3.63, 3.8) is 0 Å². The van der Waals surface area contributed by atoms with Gasteiger partial charge >= 0.3 is 5.97 Å². The molecule has 3 rings (SSSR count). The molecular formula is C21H24O3. The van der Waals surface area contributed by atoms with Crippen LogP contribution in [-0.2, 0) is 23.2 Å². The van der Waals surface area contributed by atoms with Crippen LogP contribution in [0.3, 0.4) is 0 Å². The molecule has 0 fully saturated rings. The average molecular weight is 324 g/mol. The summed E-state index contributed by atoms with van der Waals surface area (Å²) < 4.78 is 5.43. The molecule has 0 aromatic heterocycles. The Hall–Kier alpha value is -2.13. The molecule has 0 radical (unpaired) electrons. The predicted octanol–water partition coefficient (Wildman–Crippen LogP) is 3.97. The van der Waals surface area contributed by atoms with Crippen LogP contribution in [0.2, 0.25) is 0 Å². The zero-order chi connectivity index (χ0) is 17.3. The molecular weight excluding hydrogens is 300 g/mol. The lowest BCUT2D eigenvalue weighted by Crippen LogP contribution is -2.47. The SMILES string of the molecule is CCc1cc(CC)c2c(c1)[C@H](C)[C@@]2(O)COC(=O)c1ccccc1. The first-order chi connectivity index (χ1) is 11.5. The number of rotatable bonds is 5. The first-order valence-corrected chi connectivity index (χ1v) is 8.62. The summed E-state index contributed by atoms with van der Waals surface area (Å²) in [7, 11) is 0.